The Bertz CT molecular complexity index is 858. The van der Waals surface area contributed by atoms with Gasteiger partial charge in [0, 0.05) is 10.4 Å². The lowest BCUT2D eigenvalue weighted by Crippen LogP contribution is -2.28. The van der Waals surface area contributed by atoms with Gasteiger partial charge in [-0.25, -0.2) is 4.79 Å². The highest BCUT2D eigenvalue weighted by Gasteiger charge is 2.42. The highest BCUT2D eigenvalue weighted by atomic mass is 35.5. The molecule has 2 aromatic carbocycles. The number of rotatable bonds is 2. The predicted octanol–water partition coefficient (Wildman–Crippen LogP) is 5.56. The number of hydrogen-bond donors (Lipinski definition) is 1. The van der Waals surface area contributed by atoms with E-state index in [2.05, 4.69) is 0 Å². The van der Waals surface area contributed by atoms with E-state index in [1.807, 2.05) is 70.2 Å². The highest BCUT2D eigenvalue weighted by Crippen LogP contribution is 2.39. The fourth-order valence-electron chi connectivity index (χ4n) is 3.01. The molecule has 2 aromatic rings. The minimum atomic E-state index is -0.631. The van der Waals surface area contributed by atoms with Crippen molar-refractivity contribution in [2.24, 2.45) is 5.41 Å². The fourth-order valence-corrected chi connectivity index (χ4v) is 3.13. The fraction of sp³-hybridized carbons (Fsp3) is 0.286. The average Bonchev–Trinajstić information content (AvgIpc) is 2.84. The summed E-state index contributed by atoms with van der Waals surface area (Å²) in [6.07, 6.45) is -0.631. The van der Waals surface area contributed by atoms with Crippen LogP contribution >= 0.6 is 11.6 Å². The van der Waals surface area contributed by atoms with E-state index in [9.17, 15) is 9.90 Å². The molecule has 0 aromatic heterocycles. The lowest BCUT2D eigenvalue weighted by Gasteiger charge is -2.25. The molecular formula is C21H21ClO3. The number of esters is 1. The zero-order valence-electron chi connectivity index (χ0n) is 14.8. The summed E-state index contributed by atoms with van der Waals surface area (Å²) in [4.78, 5) is 12.4. The number of halogens is 1. The Labute approximate surface area is 152 Å². The maximum atomic E-state index is 12.4. The molecule has 0 saturated carbocycles. The second-order valence-electron chi connectivity index (χ2n) is 7.45. The number of benzene rings is 2. The van der Waals surface area contributed by atoms with Crippen LogP contribution in [0.4, 0.5) is 0 Å². The number of aryl methyl sites for hydroxylation is 1. The van der Waals surface area contributed by atoms with E-state index in [1.54, 1.807) is 0 Å². The van der Waals surface area contributed by atoms with Crippen molar-refractivity contribution in [1.29, 1.82) is 0 Å². The molecule has 1 heterocycles. The summed E-state index contributed by atoms with van der Waals surface area (Å²) in [6.45, 7) is 7.71. The molecule has 4 heteroatoms. The summed E-state index contributed by atoms with van der Waals surface area (Å²) in [7, 11) is 0. The van der Waals surface area contributed by atoms with Gasteiger partial charge in [0.1, 0.15) is 11.3 Å². The van der Waals surface area contributed by atoms with E-state index in [0.29, 0.717) is 10.6 Å². The summed E-state index contributed by atoms with van der Waals surface area (Å²) in [5.74, 6) is -0.470. The molecule has 0 saturated heterocycles. The Balaban J connectivity index is 2.11. The highest BCUT2D eigenvalue weighted by molar-refractivity contribution is 6.30. The standard InChI is InChI=1S/C21H21ClO3/c1-12-5-6-14(13-7-9-15(22)10-8-13)11-16(12)17-18(23)19(21(2,3)4)25-20(17)24/h5-11,19,23H,1-4H3. The van der Waals surface area contributed by atoms with Crippen molar-refractivity contribution < 1.29 is 14.6 Å². The molecule has 0 spiro atoms. The molecule has 25 heavy (non-hydrogen) atoms. The molecule has 1 N–H and O–H groups in total. The van der Waals surface area contributed by atoms with Crippen LogP contribution in [0.3, 0.4) is 0 Å². The number of aliphatic hydroxyl groups is 1. The lowest BCUT2D eigenvalue weighted by molar-refractivity contribution is -0.142. The summed E-state index contributed by atoms with van der Waals surface area (Å²) in [6, 6.07) is 13.3. The molecule has 1 aliphatic heterocycles. The van der Waals surface area contributed by atoms with Gasteiger partial charge in [0.05, 0.1) is 0 Å². The van der Waals surface area contributed by atoms with Gasteiger partial charge in [-0.1, -0.05) is 56.6 Å². The molecule has 1 aliphatic rings. The number of ether oxygens (including phenoxy) is 1. The second kappa shape index (κ2) is 6.23. The van der Waals surface area contributed by atoms with Gasteiger partial charge in [-0.3, -0.25) is 0 Å². The molecule has 130 valence electrons. The summed E-state index contributed by atoms with van der Waals surface area (Å²) in [5, 5.41) is 11.3. The normalized spacial score (nSPS) is 17.8. The molecule has 0 radical (unpaired) electrons. The van der Waals surface area contributed by atoms with Crippen molar-refractivity contribution in [2.75, 3.05) is 0 Å². The van der Waals surface area contributed by atoms with Crippen molar-refractivity contribution >= 4 is 23.1 Å². The quantitative estimate of drug-likeness (QED) is 0.717. The average molecular weight is 357 g/mol. The van der Waals surface area contributed by atoms with Gasteiger partial charge in [-0.2, -0.15) is 0 Å². The molecule has 0 fully saturated rings. The lowest BCUT2D eigenvalue weighted by atomic mass is 9.86. The number of cyclic esters (lactones) is 1. The molecule has 0 amide bonds. The number of carbonyl (C=O) groups is 1. The van der Waals surface area contributed by atoms with E-state index >= 15 is 0 Å². The maximum absolute atomic E-state index is 12.4. The van der Waals surface area contributed by atoms with Crippen LogP contribution in [0.5, 0.6) is 0 Å². The SMILES string of the molecule is Cc1ccc(-c2ccc(Cl)cc2)cc1C1=C(O)C(C(C)(C)C)OC1=O. The van der Waals surface area contributed by atoms with Gasteiger partial charge in [-0.05, 0) is 47.4 Å². The number of carbonyl (C=O) groups excluding carboxylic acids is 1. The Hall–Kier alpha value is -2.26. The summed E-state index contributed by atoms with van der Waals surface area (Å²) < 4.78 is 5.44. The first-order chi connectivity index (χ1) is 11.7. The molecule has 1 unspecified atom stereocenters. The summed E-state index contributed by atoms with van der Waals surface area (Å²) in [5.41, 5.74) is 3.43. The van der Waals surface area contributed by atoms with E-state index in [4.69, 9.17) is 16.3 Å². The van der Waals surface area contributed by atoms with Crippen molar-refractivity contribution in [1.82, 2.24) is 0 Å². The third-order valence-corrected chi connectivity index (χ3v) is 4.66. The smallest absolute Gasteiger partial charge is 0.343 e. The topological polar surface area (TPSA) is 46.5 Å². The van der Waals surface area contributed by atoms with Gasteiger partial charge < -0.3 is 9.84 Å². The van der Waals surface area contributed by atoms with Crippen molar-refractivity contribution in [3.8, 4) is 11.1 Å². The van der Waals surface area contributed by atoms with Crippen LogP contribution < -0.4 is 0 Å². The first-order valence-corrected chi connectivity index (χ1v) is 8.57. The Kier molecular flexibility index (Phi) is 4.38. The van der Waals surface area contributed by atoms with Gasteiger partial charge in [0.25, 0.3) is 0 Å². The van der Waals surface area contributed by atoms with E-state index < -0.39 is 12.1 Å². The first kappa shape index (κ1) is 17.6. The van der Waals surface area contributed by atoms with Crippen LogP contribution in [0.2, 0.25) is 5.02 Å². The van der Waals surface area contributed by atoms with Crippen LogP contribution in [-0.2, 0) is 9.53 Å². The van der Waals surface area contributed by atoms with E-state index in [-0.39, 0.29) is 16.7 Å². The van der Waals surface area contributed by atoms with Gasteiger partial charge in [0.2, 0.25) is 0 Å². The maximum Gasteiger partial charge on any atom is 0.343 e. The molecule has 3 rings (SSSR count). The molecule has 1 atom stereocenters. The zero-order chi connectivity index (χ0) is 18.4. The molecule has 3 nitrogen and oxygen atoms in total. The predicted molar refractivity (Wildman–Crippen MR) is 101 cm³/mol. The minimum absolute atomic E-state index is 0.00820. The van der Waals surface area contributed by atoms with Gasteiger partial charge >= 0.3 is 5.97 Å². The second-order valence-corrected chi connectivity index (χ2v) is 7.88. The van der Waals surface area contributed by atoms with E-state index in [0.717, 1.165) is 16.7 Å². The monoisotopic (exact) mass is 356 g/mol. The third kappa shape index (κ3) is 3.29. The van der Waals surface area contributed by atoms with E-state index in [1.165, 1.54) is 0 Å². The minimum Gasteiger partial charge on any atom is -0.507 e. The largest absolute Gasteiger partial charge is 0.507 e. The number of hydrogen-bond acceptors (Lipinski definition) is 3. The van der Waals surface area contributed by atoms with Crippen LogP contribution in [0.25, 0.3) is 16.7 Å². The van der Waals surface area contributed by atoms with Crippen LogP contribution in [0.15, 0.2) is 48.2 Å². The van der Waals surface area contributed by atoms with Gasteiger partial charge in [-0.15, -0.1) is 0 Å². The van der Waals surface area contributed by atoms with Crippen molar-refractivity contribution in [3.05, 3.63) is 64.4 Å². The zero-order valence-corrected chi connectivity index (χ0v) is 15.5. The molecule has 0 bridgehead atoms. The number of aliphatic hydroxyl groups excluding tert-OH is 1. The Morgan fingerprint density at radius 2 is 1.64 bits per heavy atom. The Morgan fingerprint density at radius 3 is 2.20 bits per heavy atom. The molecule has 0 aliphatic carbocycles. The van der Waals surface area contributed by atoms with Crippen molar-refractivity contribution in [2.45, 2.75) is 33.8 Å². The van der Waals surface area contributed by atoms with Crippen molar-refractivity contribution in [3.63, 3.8) is 0 Å². The van der Waals surface area contributed by atoms with Crippen LogP contribution in [0, 0.1) is 12.3 Å². The van der Waals surface area contributed by atoms with Crippen LogP contribution in [0.1, 0.15) is 31.9 Å². The van der Waals surface area contributed by atoms with Crippen LogP contribution in [-0.4, -0.2) is 17.2 Å². The first-order valence-electron chi connectivity index (χ1n) is 8.19. The Morgan fingerprint density at radius 1 is 1.04 bits per heavy atom. The van der Waals surface area contributed by atoms with Gasteiger partial charge in [0.15, 0.2) is 6.10 Å². The third-order valence-electron chi connectivity index (χ3n) is 4.40. The molecular weight excluding hydrogens is 336 g/mol. The summed E-state index contributed by atoms with van der Waals surface area (Å²) >= 11 is 5.95.